The number of anilines is 1. The van der Waals surface area contributed by atoms with E-state index in [4.69, 9.17) is 44.3 Å². The van der Waals surface area contributed by atoms with Crippen molar-refractivity contribution in [1.82, 2.24) is 4.90 Å². The molecule has 1 aromatic heterocycles. The number of nitrogens with zero attached hydrogens (tertiary/aromatic N) is 1. The SMILES string of the molecule is CCOC(=O)c1c(NC(=O)COc2cc(Cl)c(Cl)cc2Cl)sc(C(=O)N(CC)CC)c1C. The normalized spacial score (nSPS) is 10.6. The van der Waals surface area contributed by atoms with E-state index in [1.807, 2.05) is 13.8 Å². The Bertz CT molecular complexity index is 1020. The van der Waals surface area contributed by atoms with Gasteiger partial charge in [0.1, 0.15) is 10.8 Å². The Balaban J connectivity index is 2.28. The number of thiophene rings is 1. The summed E-state index contributed by atoms with van der Waals surface area (Å²) < 4.78 is 10.6. The molecule has 0 saturated heterocycles. The lowest BCUT2D eigenvalue weighted by Crippen LogP contribution is -2.30. The first-order valence-electron chi connectivity index (χ1n) is 9.81. The van der Waals surface area contributed by atoms with Crippen LogP contribution in [0.25, 0.3) is 0 Å². The molecule has 2 aromatic rings. The molecule has 2 rings (SSSR count). The maximum Gasteiger partial charge on any atom is 0.341 e. The van der Waals surface area contributed by atoms with Crippen LogP contribution >= 0.6 is 46.1 Å². The third kappa shape index (κ3) is 6.07. The number of rotatable bonds is 9. The number of nitrogens with one attached hydrogen (secondary N) is 1. The van der Waals surface area contributed by atoms with Crippen LogP contribution in [0.5, 0.6) is 5.75 Å². The fourth-order valence-electron chi connectivity index (χ4n) is 2.83. The van der Waals surface area contributed by atoms with Crippen molar-refractivity contribution >= 4 is 68.9 Å². The zero-order valence-corrected chi connectivity index (χ0v) is 21.1. The largest absolute Gasteiger partial charge is 0.482 e. The zero-order valence-electron chi connectivity index (χ0n) is 18.0. The Morgan fingerprint density at radius 2 is 1.66 bits per heavy atom. The number of carbonyl (C=O) groups excluding carboxylic acids is 3. The minimum Gasteiger partial charge on any atom is -0.482 e. The second kappa shape index (κ2) is 11.7. The van der Waals surface area contributed by atoms with Crippen molar-refractivity contribution in [2.24, 2.45) is 0 Å². The molecule has 0 spiro atoms. The highest BCUT2D eigenvalue weighted by molar-refractivity contribution is 7.18. The summed E-state index contributed by atoms with van der Waals surface area (Å²) in [7, 11) is 0. The summed E-state index contributed by atoms with van der Waals surface area (Å²) in [6, 6.07) is 2.81. The highest BCUT2D eigenvalue weighted by Crippen LogP contribution is 2.36. The number of ether oxygens (including phenoxy) is 2. The van der Waals surface area contributed by atoms with Crippen molar-refractivity contribution in [2.75, 3.05) is 31.6 Å². The van der Waals surface area contributed by atoms with Crippen LogP contribution in [-0.2, 0) is 9.53 Å². The molecule has 0 unspecified atom stereocenters. The first-order chi connectivity index (χ1) is 15.1. The molecule has 0 saturated carbocycles. The van der Waals surface area contributed by atoms with E-state index in [-0.39, 0.29) is 43.9 Å². The molecule has 0 aliphatic heterocycles. The molecule has 174 valence electrons. The molecule has 0 aliphatic rings. The predicted octanol–water partition coefficient (Wildman–Crippen LogP) is 5.69. The zero-order chi connectivity index (χ0) is 24.0. The first kappa shape index (κ1) is 26.3. The van der Waals surface area contributed by atoms with Gasteiger partial charge in [-0.05, 0) is 39.3 Å². The number of halogens is 3. The Morgan fingerprint density at radius 1 is 1.03 bits per heavy atom. The molecule has 11 heteroatoms. The van der Waals surface area contributed by atoms with E-state index in [0.29, 0.717) is 23.5 Å². The molecule has 0 radical (unpaired) electrons. The average Bonchev–Trinajstić information content (AvgIpc) is 3.06. The highest BCUT2D eigenvalue weighted by atomic mass is 35.5. The molecule has 0 aliphatic carbocycles. The number of benzene rings is 1. The van der Waals surface area contributed by atoms with Crippen LogP contribution in [0, 0.1) is 6.92 Å². The van der Waals surface area contributed by atoms with Crippen molar-refractivity contribution in [1.29, 1.82) is 0 Å². The predicted molar refractivity (Wildman–Crippen MR) is 128 cm³/mol. The van der Waals surface area contributed by atoms with Gasteiger partial charge in [0.15, 0.2) is 6.61 Å². The lowest BCUT2D eigenvalue weighted by molar-refractivity contribution is -0.118. The van der Waals surface area contributed by atoms with Gasteiger partial charge < -0.3 is 19.7 Å². The van der Waals surface area contributed by atoms with Crippen LogP contribution in [0.3, 0.4) is 0 Å². The lowest BCUT2D eigenvalue weighted by atomic mass is 10.1. The van der Waals surface area contributed by atoms with Crippen molar-refractivity contribution in [3.63, 3.8) is 0 Å². The molecule has 1 heterocycles. The van der Waals surface area contributed by atoms with Gasteiger partial charge in [-0.1, -0.05) is 34.8 Å². The maximum atomic E-state index is 12.9. The van der Waals surface area contributed by atoms with Gasteiger partial charge in [-0.25, -0.2) is 4.79 Å². The van der Waals surface area contributed by atoms with Crippen LogP contribution in [0.2, 0.25) is 15.1 Å². The summed E-state index contributed by atoms with van der Waals surface area (Å²) >= 11 is 18.9. The summed E-state index contributed by atoms with van der Waals surface area (Å²) in [4.78, 5) is 39.9. The van der Waals surface area contributed by atoms with E-state index in [1.165, 1.54) is 12.1 Å². The van der Waals surface area contributed by atoms with Crippen LogP contribution in [0.15, 0.2) is 12.1 Å². The quantitative estimate of drug-likeness (QED) is 0.338. The van der Waals surface area contributed by atoms with Crippen molar-refractivity contribution in [3.05, 3.63) is 43.2 Å². The fraction of sp³-hybridized carbons (Fsp3) is 0.381. The van der Waals surface area contributed by atoms with Gasteiger partial charge >= 0.3 is 5.97 Å². The molecule has 0 atom stereocenters. The molecule has 0 fully saturated rings. The van der Waals surface area contributed by atoms with Gasteiger partial charge in [0, 0.05) is 19.2 Å². The van der Waals surface area contributed by atoms with Crippen LogP contribution in [0.1, 0.15) is 46.4 Å². The van der Waals surface area contributed by atoms with Gasteiger partial charge in [-0.15, -0.1) is 11.3 Å². The number of amides is 2. The Hall–Kier alpha value is -2.00. The van der Waals surface area contributed by atoms with Gasteiger partial charge in [0.25, 0.3) is 11.8 Å². The molecule has 0 bridgehead atoms. The highest BCUT2D eigenvalue weighted by Gasteiger charge is 2.28. The Labute approximate surface area is 205 Å². The van der Waals surface area contributed by atoms with Crippen LogP contribution in [-0.4, -0.2) is 49.0 Å². The number of esters is 1. The van der Waals surface area contributed by atoms with Crippen molar-refractivity contribution in [2.45, 2.75) is 27.7 Å². The maximum absolute atomic E-state index is 12.9. The summed E-state index contributed by atoms with van der Waals surface area (Å²) in [6.07, 6.45) is 0. The van der Waals surface area contributed by atoms with Gasteiger partial charge in [0.2, 0.25) is 0 Å². The van der Waals surface area contributed by atoms with E-state index in [2.05, 4.69) is 5.32 Å². The summed E-state index contributed by atoms with van der Waals surface area (Å²) in [5.41, 5.74) is 0.599. The van der Waals surface area contributed by atoms with Gasteiger partial charge in [-0.2, -0.15) is 0 Å². The standard InChI is InChI=1S/C21H23Cl3N2O5S/c1-5-26(6-2)20(28)18-11(4)17(21(29)30-7-3)19(32-18)25-16(27)10-31-15-9-13(23)12(22)8-14(15)24/h8-9H,5-7,10H2,1-4H3,(H,25,27). The van der Waals surface area contributed by atoms with E-state index >= 15 is 0 Å². The molecule has 32 heavy (non-hydrogen) atoms. The number of hydrogen-bond donors (Lipinski definition) is 1. The summed E-state index contributed by atoms with van der Waals surface area (Å²) in [5.74, 6) is -1.21. The Morgan fingerprint density at radius 3 is 2.25 bits per heavy atom. The van der Waals surface area contributed by atoms with Gasteiger partial charge in [-0.3, -0.25) is 9.59 Å². The average molecular weight is 522 g/mol. The van der Waals surface area contributed by atoms with Gasteiger partial charge in [0.05, 0.1) is 32.1 Å². The first-order valence-corrected chi connectivity index (χ1v) is 11.8. The third-order valence-electron chi connectivity index (χ3n) is 4.46. The van der Waals surface area contributed by atoms with E-state index in [0.717, 1.165) is 11.3 Å². The molecule has 1 N–H and O–H groups in total. The van der Waals surface area contributed by atoms with E-state index in [9.17, 15) is 14.4 Å². The summed E-state index contributed by atoms with van der Waals surface area (Å²) in [6.45, 7) is 7.84. The second-order valence-electron chi connectivity index (χ2n) is 6.49. The lowest BCUT2D eigenvalue weighted by Gasteiger charge is -2.18. The molecular formula is C21H23Cl3N2O5S. The fourth-order valence-corrected chi connectivity index (χ4v) is 4.60. The molecule has 1 aromatic carbocycles. The third-order valence-corrected chi connectivity index (χ3v) is 6.67. The van der Waals surface area contributed by atoms with Crippen LogP contribution in [0.4, 0.5) is 5.00 Å². The minimum atomic E-state index is -0.622. The second-order valence-corrected chi connectivity index (χ2v) is 8.73. The smallest absolute Gasteiger partial charge is 0.341 e. The molecular weight excluding hydrogens is 499 g/mol. The minimum absolute atomic E-state index is 0.147. The molecule has 7 nitrogen and oxygen atoms in total. The molecule has 2 amide bonds. The number of carbonyl (C=O) groups is 3. The van der Waals surface area contributed by atoms with Crippen LogP contribution < -0.4 is 10.1 Å². The van der Waals surface area contributed by atoms with Crippen molar-refractivity contribution < 1.29 is 23.9 Å². The number of hydrogen-bond acceptors (Lipinski definition) is 6. The van der Waals surface area contributed by atoms with E-state index < -0.39 is 18.5 Å². The topological polar surface area (TPSA) is 84.9 Å². The summed E-state index contributed by atoms with van der Waals surface area (Å²) in [5, 5.41) is 3.53. The van der Waals surface area contributed by atoms with Crippen molar-refractivity contribution in [3.8, 4) is 5.75 Å². The Kier molecular flexibility index (Phi) is 9.64. The van der Waals surface area contributed by atoms with E-state index in [1.54, 1.807) is 18.7 Å². The monoisotopic (exact) mass is 520 g/mol.